The normalized spacial score (nSPS) is 12.8. The van der Waals surface area contributed by atoms with E-state index in [4.69, 9.17) is 4.98 Å². The van der Waals surface area contributed by atoms with Gasteiger partial charge in [-0.3, -0.25) is 4.79 Å². The van der Waals surface area contributed by atoms with Gasteiger partial charge in [0, 0.05) is 34.7 Å². The Labute approximate surface area is 211 Å². The number of nitrogens with zero attached hydrogens (tertiary/aromatic N) is 1. The molecule has 0 unspecified atom stereocenters. The average molecular weight is 479 g/mol. The first-order chi connectivity index (χ1) is 17.6. The number of unbranched alkanes of at least 4 members (excludes halogenated alkanes) is 1. The molecule has 36 heavy (non-hydrogen) atoms. The highest BCUT2D eigenvalue weighted by Gasteiger charge is 2.31. The van der Waals surface area contributed by atoms with Crippen LogP contribution < -0.4 is 16.0 Å². The van der Waals surface area contributed by atoms with Crippen LogP contribution in [-0.4, -0.2) is 23.5 Å². The van der Waals surface area contributed by atoms with Crippen LogP contribution in [0.3, 0.4) is 0 Å². The maximum absolute atomic E-state index is 13.0. The number of amides is 3. The van der Waals surface area contributed by atoms with Crippen molar-refractivity contribution in [3.8, 4) is 22.4 Å². The number of hydrogen-bond acceptors (Lipinski definition) is 3. The van der Waals surface area contributed by atoms with Crippen molar-refractivity contribution in [2.24, 2.45) is 5.92 Å². The number of anilines is 2. The van der Waals surface area contributed by atoms with E-state index in [-0.39, 0.29) is 17.9 Å². The molecule has 3 amide bonds. The first kappa shape index (κ1) is 23.5. The summed E-state index contributed by atoms with van der Waals surface area (Å²) in [5.41, 5.74) is 5.72. The minimum atomic E-state index is -0.247. The van der Waals surface area contributed by atoms with Crippen molar-refractivity contribution in [3.05, 3.63) is 78.9 Å². The zero-order valence-electron chi connectivity index (χ0n) is 20.4. The quantitative estimate of drug-likeness (QED) is 0.243. The van der Waals surface area contributed by atoms with Gasteiger partial charge in [0.05, 0.1) is 16.9 Å². The van der Waals surface area contributed by atoms with Crippen molar-refractivity contribution >= 4 is 34.2 Å². The van der Waals surface area contributed by atoms with Crippen LogP contribution in [0.1, 0.15) is 32.6 Å². The van der Waals surface area contributed by atoms with E-state index in [2.05, 4.69) is 22.9 Å². The molecule has 1 fully saturated rings. The number of carbonyl (C=O) groups is 2. The number of urea groups is 1. The maximum Gasteiger partial charge on any atom is 0.319 e. The Bertz CT molecular complexity index is 1380. The Kier molecular flexibility index (Phi) is 6.94. The van der Waals surface area contributed by atoms with Gasteiger partial charge in [-0.1, -0.05) is 74.0 Å². The third kappa shape index (κ3) is 5.23. The van der Waals surface area contributed by atoms with Crippen LogP contribution in [0.15, 0.2) is 78.9 Å². The summed E-state index contributed by atoms with van der Waals surface area (Å²) in [4.78, 5) is 30.5. The number of pyridine rings is 1. The molecule has 0 radical (unpaired) electrons. The Morgan fingerprint density at radius 2 is 1.58 bits per heavy atom. The number of fused-ring (bicyclic) bond motifs is 1. The lowest BCUT2D eigenvalue weighted by atomic mass is 9.94. The van der Waals surface area contributed by atoms with Gasteiger partial charge in [0.15, 0.2) is 0 Å². The fourth-order valence-electron chi connectivity index (χ4n) is 4.29. The molecule has 1 aromatic heterocycles. The first-order valence-electron chi connectivity index (χ1n) is 12.6. The van der Waals surface area contributed by atoms with Gasteiger partial charge in [-0.25, -0.2) is 9.78 Å². The number of carbonyl (C=O) groups excluding carboxylic acids is 2. The highest BCUT2D eigenvalue weighted by Crippen LogP contribution is 2.42. The fraction of sp³-hybridized carbons (Fsp3) is 0.233. The van der Waals surface area contributed by atoms with Crippen molar-refractivity contribution in [2.75, 3.05) is 17.2 Å². The highest BCUT2D eigenvalue weighted by molar-refractivity contribution is 6.12. The number of hydrogen-bond donors (Lipinski definition) is 3. The molecular formula is C30H30N4O2. The van der Waals surface area contributed by atoms with Gasteiger partial charge >= 0.3 is 6.03 Å². The van der Waals surface area contributed by atoms with Crippen molar-refractivity contribution in [1.82, 2.24) is 10.3 Å². The van der Waals surface area contributed by atoms with E-state index >= 15 is 0 Å². The molecule has 0 aliphatic heterocycles. The molecule has 0 spiro atoms. The molecule has 3 aromatic carbocycles. The minimum Gasteiger partial charge on any atom is -0.338 e. The standard InChI is InChI=1S/C30H30N4O2/c1-2-3-18-31-30(36)32-23-16-17-25-24(19-23)28(34-29(35)22-14-15-22)26(20-10-6-4-7-11-20)27(33-25)21-12-8-5-9-13-21/h4-13,16-17,19,22H,2-3,14-15,18H2,1H3,(H2,31,32,36)(H,33,34,35). The third-order valence-electron chi connectivity index (χ3n) is 6.36. The van der Waals surface area contributed by atoms with Crippen LogP contribution in [0.4, 0.5) is 16.2 Å². The lowest BCUT2D eigenvalue weighted by Crippen LogP contribution is -2.29. The third-order valence-corrected chi connectivity index (χ3v) is 6.36. The van der Waals surface area contributed by atoms with Crippen molar-refractivity contribution in [1.29, 1.82) is 0 Å². The molecule has 1 heterocycles. The molecule has 1 saturated carbocycles. The molecule has 1 aliphatic carbocycles. The monoisotopic (exact) mass is 478 g/mol. The molecule has 182 valence electrons. The summed E-state index contributed by atoms with van der Waals surface area (Å²) in [5.74, 6) is 0.0667. The molecular weight excluding hydrogens is 448 g/mol. The van der Waals surface area contributed by atoms with Crippen LogP contribution in [0.2, 0.25) is 0 Å². The van der Waals surface area contributed by atoms with E-state index < -0.39 is 0 Å². The second kappa shape index (κ2) is 10.6. The van der Waals surface area contributed by atoms with E-state index in [1.165, 1.54) is 0 Å². The van der Waals surface area contributed by atoms with Crippen LogP contribution in [-0.2, 0) is 4.79 Å². The topological polar surface area (TPSA) is 83.1 Å². The second-order valence-electron chi connectivity index (χ2n) is 9.17. The fourth-order valence-corrected chi connectivity index (χ4v) is 4.29. The van der Waals surface area contributed by atoms with Gasteiger partial charge in [-0.2, -0.15) is 0 Å². The summed E-state index contributed by atoms with van der Waals surface area (Å²) >= 11 is 0. The summed E-state index contributed by atoms with van der Waals surface area (Å²) in [6.45, 7) is 2.71. The van der Waals surface area contributed by atoms with Gasteiger partial charge in [-0.05, 0) is 43.0 Å². The van der Waals surface area contributed by atoms with E-state index in [0.717, 1.165) is 64.7 Å². The van der Waals surface area contributed by atoms with Crippen LogP contribution in [0.25, 0.3) is 33.3 Å². The molecule has 0 bridgehead atoms. The van der Waals surface area contributed by atoms with Gasteiger partial charge in [-0.15, -0.1) is 0 Å². The number of benzene rings is 3. The van der Waals surface area contributed by atoms with Gasteiger partial charge in [0.25, 0.3) is 0 Å². The minimum absolute atomic E-state index is 0.0226. The lowest BCUT2D eigenvalue weighted by Gasteiger charge is -2.19. The summed E-state index contributed by atoms with van der Waals surface area (Å²) in [6, 6.07) is 25.4. The Balaban J connectivity index is 1.67. The lowest BCUT2D eigenvalue weighted by molar-refractivity contribution is -0.117. The predicted octanol–water partition coefficient (Wildman–Crippen LogP) is 6.84. The molecule has 6 heteroatoms. The first-order valence-corrected chi connectivity index (χ1v) is 12.6. The van der Waals surface area contributed by atoms with Crippen LogP contribution in [0.5, 0.6) is 0 Å². The summed E-state index contributed by atoms with van der Waals surface area (Å²) < 4.78 is 0. The van der Waals surface area contributed by atoms with Gasteiger partial charge in [0.2, 0.25) is 5.91 Å². The molecule has 4 aromatic rings. The highest BCUT2D eigenvalue weighted by atomic mass is 16.2. The maximum atomic E-state index is 13.0. The molecule has 3 N–H and O–H groups in total. The number of rotatable bonds is 8. The molecule has 0 saturated heterocycles. The van der Waals surface area contributed by atoms with Crippen molar-refractivity contribution < 1.29 is 9.59 Å². The second-order valence-corrected chi connectivity index (χ2v) is 9.17. The number of aromatic nitrogens is 1. The Morgan fingerprint density at radius 1 is 0.889 bits per heavy atom. The summed E-state index contributed by atoms with van der Waals surface area (Å²) in [5, 5.41) is 9.83. The smallest absolute Gasteiger partial charge is 0.319 e. The summed E-state index contributed by atoms with van der Waals surface area (Å²) in [7, 11) is 0. The molecule has 6 nitrogen and oxygen atoms in total. The largest absolute Gasteiger partial charge is 0.338 e. The van der Waals surface area contributed by atoms with E-state index in [9.17, 15) is 9.59 Å². The van der Waals surface area contributed by atoms with E-state index in [0.29, 0.717) is 12.2 Å². The van der Waals surface area contributed by atoms with Crippen molar-refractivity contribution in [3.63, 3.8) is 0 Å². The Morgan fingerprint density at radius 3 is 2.25 bits per heavy atom. The zero-order valence-corrected chi connectivity index (χ0v) is 20.4. The number of nitrogens with one attached hydrogen (secondary N) is 3. The molecule has 5 rings (SSSR count). The van der Waals surface area contributed by atoms with Crippen molar-refractivity contribution in [2.45, 2.75) is 32.6 Å². The van der Waals surface area contributed by atoms with Crippen LogP contribution in [0, 0.1) is 5.92 Å². The Hall–Kier alpha value is -4.19. The average Bonchev–Trinajstić information content (AvgIpc) is 3.76. The zero-order chi connectivity index (χ0) is 24.9. The SMILES string of the molecule is CCCCNC(=O)Nc1ccc2nc(-c3ccccc3)c(-c3ccccc3)c(NC(=O)C3CC3)c2c1. The predicted molar refractivity (Wildman–Crippen MR) is 146 cm³/mol. The molecule has 0 atom stereocenters. The molecule has 1 aliphatic rings. The van der Waals surface area contributed by atoms with E-state index in [1.54, 1.807) is 0 Å². The van der Waals surface area contributed by atoms with Gasteiger partial charge < -0.3 is 16.0 Å². The van der Waals surface area contributed by atoms with Gasteiger partial charge in [0.1, 0.15) is 0 Å². The van der Waals surface area contributed by atoms with E-state index in [1.807, 2.05) is 78.9 Å². The van der Waals surface area contributed by atoms with Crippen LogP contribution >= 0.6 is 0 Å². The summed E-state index contributed by atoms with van der Waals surface area (Å²) in [6.07, 6.45) is 3.75.